The zero-order valence-corrected chi connectivity index (χ0v) is 12.1. The van der Waals surface area contributed by atoms with Crippen LogP contribution in [0.1, 0.15) is 23.5 Å². The molecule has 1 fully saturated rings. The third-order valence-corrected chi connectivity index (χ3v) is 4.25. The summed E-state index contributed by atoms with van der Waals surface area (Å²) in [6, 6.07) is 18.4. The number of benzene rings is 2. The summed E-state index contributed by atoms with van der Waals surface area (Å²) in [5.74, 6) is 1.05. The van der Waals surface area contributed by atoms with Crippen molar-refractivity contribution in [2.45, 2.75) is 18.8 Å². The Kier molecular flexibility index (Phi) is 3.52. The van der Waals surface area contributed by atoms with Crippen molar-refractivity contribution in [2.75, 3.05) is 0 Å². The normalized spacial score (nSPS) is 21.1. The fourth-order valence-corrected chi connectivity index (χ4v) is 2.82. The lowest BCUT2D eigenvalue weighted by Gasteiger charge is -2.02. The second-order valence-corrected chi connectivity index (χ2v) is 6.04. The van der Waals surface area contributed by atoms with Crippen LogP contribution in [0.5, 0.6) is 0 Å². The Bertz CT molecular complexity index is 574. The molecule has 2 aromatic rings. The Morgan fingerprint density at radius 2 is 1.74 bits per heavy atom. The fraction of sp³-hybridized carbons (Fsp3) is 0.235. The van der Waals surface area contributed by atoms with E-state index >= 15 is 0 Å². The van der Waals surface area contributed by atoms with Crippen molar-refractivity contribution in [1.82, 2.24) is 0 Å². The van der Waals surface area contributed by atoms with E-state index in [4.69, 9.17) is 0 Å². The van der Waals surface area contributed by atoms with Crippen LogP contribution in [0.3, 0.4) is 0 Å². The third-order valence-electron chi connectivity index (χ3n) is 3.72. The van der Waals surface area contributed by atoms with Crippen LogP contribution in [0, 0.1) is 5.92 Å². The van der Waals surface area contributed by atoms with Crippen molar-refractivity contribution in [2.24, 2.45) is 5.92 Å². The van der Waals surface area contributed by atoms with Crippen LogP contribution < -0.4 is 0 Å². The van der Waals surface area contributed by atoms with E-state index in [9.17, 15) is 4.79 Å². The summed E-state index contributed by atoms with van der Waals surface area (Å²) < 4.78 is 1.05. The highest BCUT2D eigenvalue weighted by Gasteiger charge is 2.43. The highest BCUT2D eigenvalue weighted by atomic mass is 79.9. The Morgan fingerprint density at radius 3 is 2.42 bits per heavy atom. The fourth-order valence-electron chi connectivity index (χ4n) is 2.55. The average Bonchev–Trinajstić information content (AvgIpc) is 3.23. The maximum atomic E-state index is 12.2. The molecule has 0 N–H and O–H groups in total. The third kappa shape index (κ3) is 2.95. The Balaban J connectivity index is 1.63. The van der Waals surface area contributed by atoms with E-state index in [1.54, 1.807) is 0 Å². The molecule has 1 nitrogen and oxygen atoms in total. The van der Waals surface area contributed by atoms with Gasteiger partial charge in [-0.15, -0.1) is 0 Å². The number of hydrogen-bond acceptors (Lipinski definition) is 1. The summed E-state index contributed by atoms with van der Waals surface area (Å²) in [6.45, 7) is 0. The molecule has 0 spiro atoms. The molecule has 0 saturated heterocycles. The molecule has 2 atom stereocenters. The molecule has 1 saturated carbocycles. The molecule has 1 aliphatic rings. The van der Waals surface area contributed by atoms with Gasteiger partial charge in [-0.25, -0.2) is 0 Å². The number of ketones is 1. The molecule has 0 bridgehead atoms. The summed E-state index contributed by atoms with van der Waals surface area (Å²) in [5.41, 5.74) is 2.41. The van der Waals surface area contributed by atoms with E-state index in [1.165, 1.54) is 5.56 Å². The van der Waals surface area contributed by atoms with Gasteiger partial charge in [0.1, 0.15) is 5.78 Å². The molecule has 0 aliphatic heterocycles. The van der Waals surface area contributed by atoms with Gasteiger partial charge in [0.25, 0.3) is 0 Å². The zero-order chi connectivity index (χ0) is 13.2. The second-order valence-electron chi connectivity index (χ2n) is 5.13. The first kappa shape index (κ1) is 12.6. The Labute approximate surface area is 121 Å². The minimum Gasteiger partial charge on any atom is -0.299 e. The number of halogens is 1. The molecular weight excluding hydrogens is 300 g/mol. The lowest BCUT2D eigenvalue weighted by Crippen LogP contribution is -2.06. The zero-order valence-electron chi connectivity index (χ0n) is 10.6. The predicted octanol–water partition coefficient (Wildman–Crippen LogP) is 4.36. The van der Waals surface area contributed by atoms with Crippen LogP contribution >= 0.6 is 15.9 Å². The maximum absolute atomic E-state index is 12.2. The van der Waals surface area contributed by atoms with Gasteiger partial charge < -0.3 is 0 Å². The van der Waals surface area contributed by atoms with Crippen molar-refractivity contribution in [1.29, 1.82) is 0 Å². The van der Waals surface area contributed by atoms with Gasteiger partial charge in [-0.05, 0) is 35.6 Å². The van der Waals surface area contributed by atoms with Crippen molar-refractivity contribution in [3.63, 3.8) is 0 Å². The quantitative estimate of drug-likeness (QED) is 0.819. The number of carbonyl (C=O) groups is 1. The number of Topliss-reactive ketones (excluding diaryl/α,β-unsaturated/α-hetero) is 1. The summed E-state index contributed by atoms with van der Waals surface area (Å²) >= 11 is 3.41. The maximum Gasteiger partial charge on any atom is 0.140 e. The highest BCUT2D eigenvalue weighted by Crippen LogP contribution is 2.48. The van der Waals surface area contributed by atoms with Crippen LogP contribution in [-0.2, 0) is 11.2 Å². The molecule has 3 rings (SSSR count). The Morgan fingerprint density at radius 1 is 1.05 bits per heavy atom. The first-order chi connectivity index (χ1) is 9.24. The largest absolute Gasteiger partial charge is 0.299 e. The SMILES string of the molecule is O=C(Cc1ccc(Br)cc1)C1CC1c1ccccc1. The van der Waals surface area contributed by atoms with Gasteiger partial charge in [0.05, 0.1) is 0 Å². The minimum absolute atomic E-state index is 0.228. The van der Waals surface area contributed by atoms with E-state index < -0.39 is 0 Å². The number of rotatable bonds is 4. The first-order valence-electron chi connectivity index (χ1n) is 6.56. The molecule has 96 valence electrons. The first-order valence-corrected chi connectivity index (χ1v) is 7.35. The molecule has 2 aromatic carbocycles. The van der Waals surface area contributed by atoms with Crippen LogP contribution in [0.4, 0.5) is 0 Å². The monoisotopic (exact) mass is 314 g/mol. The molecule has 1 aliphatic carbocycles. The second kappa shape index (κ2) is 5.30. The molecular formula is C17H15BrO. The average molecular weight is 315 g/mol. The van der Waals surface area contributed by atoms with Crippen molar-refractivity contribution < 1.29 is 4.79 Å². The lowest BCUT2D eigenvalue weighted by atomic mass is 10.0. The topological polar surface area (TPSA) is 17.1 Å². The van der Waals surface area contributed by atoms with E-state index in [0.29, 0.717) is 18.1 Å². The van der Waals surface area contributed by atoms with Crippen LogP contribution in [0.2, 0.25) is 0 Å². The van der Waals surface area contributed by atoms with Gasteiger partial charge >= 0.3 is 0 Å². The van der Waals surface area contributed by atoms with Crippen molar-refractivity contribution >= 4 is 21.7 Å². The van der Waals surface area contributed by atoms with E-state index in [2.05, 4.69) is 28.1 Å². The predicted molar refractivity (Wildman–Crippen MR) is 80.1 cm³/mol. The Hall–Kier alpha value is -1.41. The van der Waals surface area contributed by atoms with Crippen molar-refractivity contribution in [3.05, 3.63) is 70.2 Å². The van der Waals surface area contributed by atoms with Gasteiger partial charge in [-0.2, -0.15) is 0 Å². The van der Waals surface area contributed by atoms with E-state index in [-0.39, 0.29) is 5.92 Å². The molecule has 0 amide bonds. The number of hydrogen-bond donors (Lipinski definition) is 0. The summed E-state index contributed by atoms with van der Waals surface area (Å²) in [5, 5.41) is 0. The van der Waals surface area contributed by atoms with Crippen LogP contribution in [0.15, 0.2) is 59.1 Å². The van der Waals surface area contributed by atoms with Crippen LogP contribution in [-0.4, -0.2) is 5.78 Å². The van der Waals surface area contributed by atoms with Gasteiger partial charge in [0, 0.05) is 16.8 Å². The van der Waals surface area contributed by atoms with Gasteiger partial charge in [0.15, 0.2) is 0 Å². The smallest absolute Gasteiger partial charge is 0.140 e. The van der Waals surface area contributed by atoms with Crippen molar-refractivity contribution in [3.8, 4) is 0 Å². The van der Waals surface area contributed by atoms with Gasteiger partial charge in [-0.3, -0.25) is 4.79 Å². The lowest BCUT2D eigenvalue weighted by molar-refractivity contribution is -0.119. The molecule has 0 aromatic heterocycles. The van der Waals surface area contributed by atoms with E-state index in [1.807, 2.05) is 42.5 Å². The van der Waals surface area contributed by atoms with Gasteiger partial charge in [-0.1, -0.05) is 58.4 Å². The molecule has 0 radical (unpaired) electrons. The minimum atomic E-state index is 0.228. The van der Waals surface area contributed by atoms with Crippen LogP contribution in [0.25, 0.3) is 0 Å². The molecule has 2 heteroatoms. The van der Waals surface area contributed by atoms with Gasteiger partial charge in [0.2, 0.25) is 0 Å². The summed E-state index contributed by atoms with van der Waals surface area (Å²) in [7, 11) is 0. The summed E-state index contributed by atoms with van der Waals surface area (Å²) in [4.78, 5) is 12.2. The summed E-state index contributed by atoms with van der Waals surface area (Å²) in [6.07, 6.45) is 1.57. The van der Waals surface area contributed by atoms with E-state index in [0.717, 1.165) is 16.5 Å². The molecule has 2 unspecified atom stereocenters. The highest BCUT2D eigenvalue weighted by molar-refractivity contribution is 9.10. The standard InChI is InChI=1S/C17H15BrO/c18-14-8-6-12(7-9-14)10-17(19)16-11-15(16)13-4-2-1-3-5-13/h1-9,15-16H,10-11H2. The molecule has 19 heavy (non-hydrogen) atoms. The molecule has 0 heterocycles. The number of carbonyl (C=O) groups excluding carboxylic acids is 1.